The van der Waals surface area contributed by atoms with Gasteiger partial charge in [-0.25, -0.2) is 4.98 Å². The van der Waals surface area contributed by atoms with Crippen molar-refractivity contribution in [2.45, 2.75) is 19.4 Å². The average Bonchev–Trinajstić information content (AvgIpc) is 3.23. The zero-order valence-corrected chi connectivity index (χ0v) is 16.5. The summed E-state index contributed by atoms with van der Waals surface area (Å²) in [5, 5.41) is 3.60. The summed E-state index contributed by atoms with van der Waals surface area (Å²) < 4.78 is 0. The Bertz CT molecular complexity index is 1070. The molecule has 29 heavy (non-hydrogen) atoms. The summed E-state index contributed by atoms with van der Waals surface area (Å²) in [5.74, 6) is 0.448. The van der Waals surface area contributed by atoms with Gasteiger partial charge in [0, 0.05) is 13.1 Å². The fraction of sp³-hybridized carbons (Fsp3) is 0.318. The molecule has 0 spiro atoms. The van der Waals surface area contributed by atoms with E-state index in [2.05, 4.69) is 20.2 Å². The van der Waals surface area contributed by atoms with Crippen molar-refractivity contribution in [2.75, 3.05) is 36.9 Å². The summed E-state index contributed by atoms with van der Waals surface area (Å²) in [7, 11) is 1.83. The van der Waals surface area contributed by atoms with Crippen LogP contribution in [0.5, 0.6) is 0 Å². The number of carbonyl (C=O) groups is 1. The lowest BCUT2D eigenvalue weighted by atomic mass is 10.2. The lowest BCUT2D eigenvalue weighted by Gasteiger charge is -2.22. The Morgan fingerprint density at radius 1 is 1.14 bits per heavy atom. The van der Waals surface area contributed by atoms with Crippen LogP contribution in [0, 0.1) is 0 Å². The average molecular weight is 391 g/mol. The van der Waals surface area contributed by atoms with Crippen LogP contribution in [0.15, 0.2) is 53.3 Å². The lowest BCUT2D eigenvalue weighted by molar-refractivity contribution is -0.117. The molecule has 1 saturated heterocycles. The standard InChI is InChI=1S/C22H25N5O2/c1-26(14-20-23-17-9-3-2-8-16(17)22(29)25-20)15-21(28)24-18-10-4-5-11-19(18)27-12-6-7-13-27/h2-5,8-11H,6-7,12-15H2,1H3,(H,24,28)(H,23,25,29). The van der Waals surface area contributed by atoms with Crippen LogP contribution >= 0.6 is 0 Å². The third-order valence-electron chi connectivity index (χ3n) is 5.12. The highest BCUT2D eigenvalue weighted by Crippen LogP contribution is 2.28. The van der Waals surface area contributed by atoms with E-state index in [1.807, 2.05) is 54.4 Å². The fourth-order valence-electron chi connectivity index (χ4n) is 3.77. The van der Waals surface area contributed by atoms with Crippen LogP contribution in [0.2, 0.25) is 0 Å². The number of benzene rings is 2. The van der Waals surface area contributed by atoms with Crippen LogP contribution in [-0.2, 0) is 11.3 Å². The van der Waals surface area contributed by atoms with E-state index in [-0.39, 0.29) is 18.0 Å². The molecule has 1 fully saturated rings. The summed E-state index contributed by atoms with van der Waals surface area (Å²) >= 11 is 0. The number of amides is 1. The molecule has 7 nitrogen and oxygen atoms in total. The quantitative estimate of drug-likeness (QED) is 0.675. The van der Waals surface area contributed by atoms with Gasteiger partial charge in [0.25, 0.3) is 5.56 Å². The molecule has 3 aromatic rings. The number of hydrogen-bond donors (Lipinski definition) is 2. The Morgan fingerprint density at radius 2 is 1.86 bits per heavy atom. The minimum Gasteiger partial charge on any atom is -0.370 e. The van der Waals surface area contributed by atoms with Gasteiger partial charge in [-0.05, 0) is 44.2 Å². The monoisotopic (exact) mass is 391 g/mol. The van der Waals surface area contributed by atoms with Crippen molar-refractivity contribution >= 4 is 28.2 Å². The van der Waals surface area contributed by atoms with E-state index in [1.165, 1.54) is 12.8 Å². The Labute approximate surface area is 169 Å². The van der Waals surface area contributed by atoms with Crippen LogP contribution < -0.4 is 15.8 Å². The third-order valence-corrected chi connectivity index (χ3v) is 5.12. The number of hydrogen-bond acceptors (Lipinski definition) is 5. The molecule has 0 bridgehead atoms. The van der Waals surface area contributed by atoms with Gasteiger partial charge in [0.1, 0.15) is 5.82 Å². The fourth-order valence-corrected chi connectivity index (χ4v) is 3.77. The summed E-state index contributed by atoms with van der Waals surface area (Å²) in [6, 6.07) is 15.2. The molecule has 7 heteroatoms. The Balaban J connectivity index is 1.41. The van der Waals surface area contributed by atoms with Gasteiger partial charge in [0.05, 0.1) is 35.4 Å². The second-order valence-corrected chi connectivity index (χ2v) is 7.46. The first kappa shape index (κ1) is 19.1. The third kappa shape index (κ3) is 4.46. The van der Waals surface area contributed by atoms with Crippen LogP contribution in [0.1, 0.15) is 18.7 Å². The number of fused-ring (bicyclic) bond motifs is 1. The number of nitrogens with zero attached hydrogens (tertiary/aromatic N) is 3. The van der Waals surface area contributed by atoms with E-state index in [0.717, 1.165) is 24.5 Å². The maximum atomic E-state index is 12.6. The molecule has 0 radical (unpaired) electrons. The van der Waals surface area contributed by atoms with Crippen molar-refractivity contribution in [2.24, 2.45) is 0 Å². The largest absolute Gasteiger partial charge is 0.370 e. The van der Waals surface area contributed by atoms with E-state index < -0.39 is 0 Å². The molecule has 1 aliphatic rings. The normalized spacial score (nSPS) is 13.9. The maximum absolute atomic E-state index is 12.6. The number of rotatable bonds is 6. The second kappa shape index (κ2) is 8.45. The molecule has 0 aliphatic carbocycles. The van der Waals surface area contributed by atoms with E-state index in [1.54, 1.807) is 6.07 Å². The van der Waals surface area contributed by atoms with E-state index in [4.69, 9.17) is 0 Å². The second-order valence-electron chi connectivity index (χ2n) is 7.46. The number of aromatic amines is 1. The number of aromatic nitrogens is 2. The SMILES string of the molecule is CN(CC(=O)Nc1ccccc1N1CCCC1)Cc1nc2ccccc2c(=O)[nH]1. The molecule has 1 aliphatic heterocycles. The zero-order valence-electron chi connectivity index (χ0n) is 16.5. The predicted molar refractivity (Wildman–Crippen MR) is 115 cm³/mol. The first-order valence-electron chi connectivity index (χ1n) is 9.90. The molecule has 2 aromatic carbocycles. The molecule has 4 rings (SSSR count). The number of para-hydroxylation sites is 3. The van der Waals surface area contributed by atoms with Crippen LogP contribution in [0.25, 0.3) is 10.9 Å². The van der Waals surface area contributed by atoms with Crippen molar-refractivity contribution in [3.05, 3.63) is 64.7 Å². The summed E-state index contributed by atoms with van der Waals surface area (Å²) in [4.78, 5) is 36.3. The van der Waals surface area contributed by atoms with Crippen LogP contribution in [-0.4, -0.2) is 47.5 Å². The predicted octanol–water partition coefficient (Wildman–Crippen LogP) is 2.59. The van der Waals surface area contributed by atoms with Gasteiger partial charge in [-0.2, -0.15) is 0 Å². The Hall–Kier alpha value is -3.19. The van der Waals surface area contributed by atoms with Crippen LogP contribution in [0.3, 0.4) is 0 Å². The number of H-pyrrole nitrogens is 1. The molecule has 0 atom stereocenters. The maximum Gasteiger partial charge on any atom is 0.258 e. The highest BCUT2D eigenvalue weighted by molar-refractivity contribution is 5.95. The van der Waals surface area contributed by atoms with Crippen molar-refractivity contribution in [3.63, 3.8) is 0 Å². The zero-order chi connectivity index (χ0) is 20.2. The number of anilines is 2. The van der Waals surface area contributed by atoms with Gasteiger partial charge in [0.2, 0.25) is 5.91 Å². The minimum atomic E-state index is -0.164. The van der Waals surface area contributed by atoms with Gasteiger partial charge in [-0.15, -0.1) is 0 Å². The van der Waals surface area contributed by atoms with Gasteiger partial charge in [-0.1, -0.05) is 24.3 Å². The van der Waals surface area contributed by atoms with Gasteiger partial charge in [0.15, 0.2) is 0 Å². The summed E-state index contributed by atoms with van der Waals surface area (Å²) in [6.07, 6.45) is 2.37. The molecule has 1 amide bonds. The van der Waals surface area contributed by atoms with E-state index in [9.17, 15) is 9.59 Å². The first-order valence-corrected chi connectivity index (χ1v) is 9.90. The molecule has 1 aromatic heterocycles. The first-order chi connectivity index (χ1) is 14.1. The Kier molecular flexibility index (Phi) is 5.57. The molecule has 0 saturated carbocycles. The molecule has 150 valence electrons. The van der Waals surface area contributed by atoms with Crippen molar-refractivity contribution in [3.8, 4) is 0 Å². The summed E-state index contributed by atoms with van der Waals surface area (Å²) in [5.41, 5.74) is 2.40. The number of likely N-dealkylation sites (N-methyl/N-ethyl adjacent to an activating group) is 1. The molecule has 2 heterocycles. The van der Waals surface area contributed by atoms with Gasteiger partial charge < -0.3 is 15.2 Å². The topological polar surface area (TPSA) is 81.3 Å². The minimum absolute atomic E-state index is 0.0951. The summed E-state index contributed by atoms with van der Waals surface area (Å²) in [6.45, 7) is 2.62. The highest BCUT2D eigenvalue weighted by atomic mass is 16.2. The van der Waals surface area contributed by atoms with Crippen molar-refractivity contribution < 1.29 is 4.79 Å². The van der Waals surface area contributed by atoms with Crippen molar-refractivity contribution in [1.29, 1.82) is 0 Å². The van der Waals surface area contributed by atoms with E-state index >= 15 is 0 Å². The molecular formula is C22H25N5O2. The van der Waals surface area contributed by atoms with Crippen molar-refractivity contribution in [1.82, 2.24) is 14.9 Å². The molecule has 0 unspecified atom stereocenters. The lowest BCUT2D eigenvalue weighted by Crippen LogP contribution is -2.31. The number of carbonyl (C=O) groups excluding carboxylic acids is 1. The van der Waals surface area contributed by atoms with Gasteiger partial charge in [-0.3, -0.25) is 14.5 Å². The smallest absolute Gasteiger partial charge is 0.258 e. The number of nitrogens with one attached hydrogen (secondary N) is 2. The van der Waals surface area contributed by atoms with E-state index in [0.29, 0.717) is 23.3 Å². The Morgan fingerprint density at radius 3 is 2.69 bits per heavy atom. The van der Waals surface area contributed by atoms with Gasteiger partial charge >= 0.3 is 0 Å². The highest BCUT2D eigenvalue weighted by Gasteiger charge is 2.17. The molecular weight excluding hydrogens is 366 g/mol. The molecule has 2 N–H and O–H groups in total. The van der Waals surface area contributed by atoms with Crippen LogP contribution in [0.4, 0.5) is 11.4 Å².